The lowest BCUT2D eigenvalue weighted by atomic mass is 10.0. The van der Waals surface area contributed by atoms with Gasteiger partial charge in [0.15, 0.2) is 0 Å². The van der Waals surface area contributed by atoms with Gasteiger partial charge in [0.25, 0.3) is 0 Å². The van der Waals surface area contributed by atoms with E-state index in [1.807, 2.05) is 25.1 Å². The van der Waals surface area contributed by atoms with Crippen LogP contribution in [0.2, 0.25) is 0 Å². The van der Waals surface area contributed by atoms with Gasteiger partial charge < -0.3 is 9.88 Å². The fourth-order valence-corrected chi connectivity index (χ4v) is 3.34. The van der Waals surface area contributed by atoms with Crippen molar-refractivity contribution < 1.29 is 4.79 Å². The summed E-state index contributed by atoms with van der Waals surface area (Å²) >= 11 is 0. The number of imidazole rings is 1. The second-order valence-electron chi connectivity index (χ2n) is 6.37. The lowest BCUT2D eigenvalue weighted by molar-refractivity contribution is -0.120. The minimum absolute atomic E-state index is 0.0359. The van der Waals surface area contributed by atoms with E-state index in [1.165, 1.54) is 16.3 Å². The number of carbonyl (C=O) groups excluding carboxylic acids is 1. The zero-order valence-electron chi connectivity index (χ0n) is 14.8. The van der Waals surface area contributed by atoms with E-state index in [1.54, 1.807) is 0 Å². The molecule has 0 bridgehead atoms. The molecule has 4 aromatic rings. The predicted molar refractivity (Wildman–Crippen MR) is 105 cm³/mol. The molecule has 0 saturated heterocycles. The second-order valence-corrected chi connectivity index (χ2v) is 6.37. The highest BCUT2D eigenvalue weighted by molar-refractivity contribution is 5.86. The number of para-hydroxylation sites is 2. The van der Waals surface area contributed by atoms with E-state index in [-0.39, 0.29) is 5.91 Å². The van der Waals surface area contributed by atoms with Crippen molar-refractivity contribution in [3.8, 4) is 0 Å². The van der Waals surface area contributed by atoms with Crippen molar-refractivity contribution in [3.05, 3.63) is 78.1 Å². The van der Waals surface area contributed by atoms with Crippen LogP contribution in [0.15, 0.2) is 66.7 Å². The van der Waals surface area contributed by atoms with Gasteiger partial charge in [-0.2, -0.15) is 0 Å². The fourth-order valence-electron chi connectivity index (χ4n) is 3.34. The van der Waals surface area contributed by atoms with Gasteiger partial charge in [0.2, 0.25) is 5.91 Å². The first-order valence-electron chi connectivity index (χ1n) is 8.93. The Morgan fingerprint density at radius 2 is 1.77 bits per heavy atom. The molecule has 0 radical (unpaired) electrons. The molecule has 0 atom stereocenters. The molecule has 4 rings (SSSR count). The minimum Gasteiger partial charge on any atom is -0.349 e. The molecular formula is C22H21N3O. The van der Waals surface area contributed by atoms with E-state index in [9.17, 15) is 4.79 Å². The van der Waals surface area contributed by atoms with Gasteiger partial charge in [-0.05, 0) is 28.5 Å². The Labute approximate surface area is 152 Å². The zero-order chi connectivity index (χ0) is 17.9. The van der Waals surface area contributed by atoms with Gasteiger partial charge in [0, 0.05) is 6.42 Å². The quantitative estimate of drug-likeness (QED) is 0.588. The SMILES string of the molecule is CCC(=O)NCc1nc2ccccc2n1Cc1cccc2ccccc12. The third-order valence-corrected chi connectivity index (χ3v) is 4.71. The molecule has 0 saturated carbocycles. The normalized spacial score (nSPS) is 11.1. The Bertz CT molecular complexity index is 1080. The average Bonchev–Trinajstić information content (AvgIpc) is 3.04. The molecule has 26 heavy (non-hydrogen) atoms. The van der Waals surface area contributed by atoms with Gasteiger partial charge in [0.05, 0.1) is 24.1 Å². The van der Waals surface area contributed by atoms with E-state index in [0.717, 1.165) is 23.4 Å². The number of rotatable bonds is 5. The van der Waals surface area contributed by atoms with Crippen LogP contribution in [0, 0.1) is 0 Å². The van der Waals surface area contributed by atoms with Crippen LogP contribution in [-0.2, 0) is 17.9 Å². The van der Waals surface area contributed by atoms with Crippen LogP contribution in [0.25, 0.3) is 21.8 Å². The van der Waals surface area contributed by atoms with Gasteiger partial charge in [-0.1, -0.05) is 61.5 Å². The Hall–Kier alpha value is -3.14. The molecule has 1 aromatic heterocycles. The molecule has 4 heteroatoms. The minimum atomic E-state index is 0.0359. The Morgan fingerprint density at radius 3 is 2.65 bits per heavy atom. The molecule has 0 unspecified atom stereocenters. The molecule has 1 heterocycles. The average molecular weight is 343 g/mol. The zero-order valence-corrected chi connectivity index (χ0v) is 14.8. The summed E-state index contributed by atoms with van der Waals surface area (Å²) in [6.45, 7) is 3.01. The molecule has 4 nitrogen and oxygen atoms in total. The van der Waals surface area contributed by atoms with E-state index < -0.39 is 0 Å². The maximum absolute atomic E-state index is 11.7. The first-order valence-corrected chi connectivity index (χ1v) is 8.93. The number of aromatic nitrogens is 2. The Morgan fingerprint density at radius 1 is 1.00 bits per heavy atom. The highest BCUT2D eigenvalue weighted by Gasteiger charge is 2.12. The summed E-state index contributed by atoms with van der Waals surface area (Å²) in [7, 11) is 0. The number of nitrogens with one attached hydrogen (secondary N) is 1. The summed E-state index contributed by atoms with van der Waals surface area (Å²) in [5, 5.41) is 5.43. The van der Waals surface area contributed by atoms with Crippen LogP contribution in [0.5, 0.6) is 0 Å². The van der Waals surface area contributed by atoms with Gasteiger partial charge in [-0.15, -0.1) is 0 Å². The summed E-state index contributed by atoms with van der Waals surface area (Å²) in [4.78, 5) is 16.4. The standard InChI is InChI=1S/C22H21N3O/c1-2-22(26)23-14-21-24-19-12-5-6-13-20(19)25(21)15-17-10-7-9-16-8-3-4-11-18(16)17/h3-13H,2,14-15H2,1H3,(H,23,26). The van der Waals surface area contributed by atoms with Crippen molar-refractivity contribution in [1.82, 2.24) is 14.9 Å². The van der Waals surface area contributed by atoms with Crippen LogP contribution >= 0.6 is 0 Å². The number of fused-ring (bicyclic) bond motifs is 2. The monoisotopic (exact) mass is 343 g/mol. The van der Waals surface area contributed by atoms with Crippen LogP contribution in [0.1, 0.15) is 24.7 Å². The fraction of sp³-hybridized carbons (Fsp3) is 0.182. The van der Waals surface area contributed by atoms with Crippen molar-refractivity contribution in [2.24, 2.45) is 0 Å². The third-order valence-electron chi connectivity index (χ3n) is 4.71. The van der Waals surface area contributed by atoms with E-state index in [0.29, 0.717) is 13.0 Å². The molecule has 0 spiro atoms. The maximum atomic E-state index is 11.7. The third kappa shape index (κ3) is 3.06. The molecule has 0 aliphatic heterocycles. The molecule has 1 N–H and O–H groups in total. The Kier molecular flexibility index (Phi) is 4.40. The van der Waals surface area contributed by atoms with E-state index in [2.05, 4.69) is 58.4 Å². The first-order chi connectivity index (χ1) is 12.8. The maximum Gasteiger partial charge on any atom is 0.220 e. The molecule has 130 valence electrons. The largest absolute Gasteiger partial charge is 0.349 e. The van der Waals surface area contributed by atoms with Gasteiger partial charge in [-0.25, -0.2) is 4.98 Å². The molecular weight excluding hydrogens is 322 g/mol. The predicted octanol–water partition coefficient (Wildman–Crippen LogP) is 4.26. The highest BCUT2D eigenvalue weighted by atomic mass is 16.1. The number of hydrogen-bond acceptors (Lipinski definition) is 2. The summed E-state index contributed by atoms with van der Waals surface area (Å²) in [6, 6.07) is 22.9. The number of amides is 1. The second kappa shape index (κ2) is 7.00. The van der Waals surface area contributed by atoms with Gasteiger partial charge >= 0.3 is 0 Å². The number of nitrogens with zero attached hydrogens (tertiary/aromatic N) is 2. The van der Waals surface area contributed by atoms with Crippen molar-refractivity contribution in [3.63, 3.8) is 0 Å². The Balaban J connectivity index is 1.78. The van der Waals surface area contributed by atoms with Gasteiger partial charge in [0.1, 0.15) is 5.82 Å². The molecule has 0 aliphatic rings. The van der Waals surface area contributed by atoms with Crippen molar-refractivity contribution in [2.45, 2.75) is 26.4 Å². The highest BCUT2D eigenvalue weighted by Crippen LogP contribution is 2.23. The summed E-state index contributed by atoms with van der Waals surface area (Å²) in [5.41, 5.74) is 3.28. The van der Waals surface area contributed by atoms with Crippen LogP contribution < -0.4 is 5.32 Å². The van der Waals surface area contributed by atoms with Crippen molar-refractivity contribution >= 4 is 27.7 Å². The van der Waals surface area contributed by atoms with E-state index >= 15 is 0 Å². The topological polar surface area (TPSA) is 46.9 Å². The summed E-state index contributed by atoms with van der Waals surface area (Å²) in [6.07, 6.45) is 0.476. The number of carbonyl (C=O) groups is 1. The lowest BCUT2D eigenvalue weighted by Crippen LogP contribution is -2.23. The summed E-state index contributed by atoms with van der Waals surface area (Å²) in [5.74, 6) is 0.912. The molecule has 3 aromatic carbocycles. The lowest BCUT2D eigenvalue weighted by Gasteiger charge is -2.12. The summed E-state index contributed by atoms with van der Waals surface area (Å²) < 4.78 is 2.20. The van der Waals surface area contributed by atoms with Crippen molar-refractivity contribution in [1.29, 1.82) is 0 Å². The number of hydrogen-bond donors (Lipinski definition) is 1. The van der Waals surface area contributed by atoms with Crippen molar-refractivity contribution in [2.75, 3.05) is 0 Å². The smallest absolute Gasteiger partial charge is 0.220 e. The van der Waals surface area contributed by atoms with Crippen LogP contribution in [-0.4, -0.2) is 15.5 Å². The number of benzene rings is 3. The van der Waals surface area contributed by atoms with E-state index in [4.69, 9.17) is 4.98 Å². The molecule has 1 amide bonds. The van der Waals surface area contributed by atoms with Gasteiger partial charge in [-0.3, -0.25) is 4.79 Å². The first kappa shape index (κ1) is 16.3. The van der Waals surface area contributed by atoms with Crippen LogP contribution in [0.4, 0.5) is 0 Å². The molecule has 0 fully saturated rings. The van der Waals surface area contributed by atoms with Crippen LogP contribution in [0.3, 0.4) is 0 Å². The molecule has 0 aliphatic carbocycles.